The predicted octanol–water partition coefficient (Wildman–Crippen LogP) is 7.23. The van der Waals surface area contributed by atoms with Gasteiger partial charge in [0.1, 0.15) is 11.9 Å². The molecule has 2 aliphatic heterocycles. The van der Waals surface area contributed by atoms with E-state index in [9.17, 15) is 18.0 Å². The first-order valence-corrected chi connectivity index (χ1v) is 15.7. The third kappa shape index (κ3) is 7.17. The molecule has 1 N–H and O–H groups in total. The summed E-state index contributed by atoms with van der Waals surface area (Å²) in [5, 5.41) is 13.2. The number of anilines is 1. The number of nitriles is 1. The standard InChI is InChI=1S/C34H33F3N4O2S/c35-34(36,37)26-6-8-28(9-7-26)41-17-13-29(14-18-41)43-30-10-5-25-19-32(44-31(25)20-30)33(42)39-27-11-15-40(16-12-27)22-24-3-1-23(21-38)2-4-24/h1-10,19-20,27,29H,11-18,22H2,(H,39,42). The first-order valence-electron chi connectivity index (χ1n) is 14.9. The molecule has 3 heterocycles. The van der Waals surface area contributed by atoms with Crippen molar-refractivity contribution in [3.8, 4) is 11.8 Å². The molecule has 0 unspecified atom stereocenters. The first-order chi connectivity index (χ1) is 21.2. The molecule has 10 heteroatoms. The van der Waals surface area contributed by atoms with Gasteiger partial charge in [0.15, 0.2) is 0 Å². The Morgan fingerprint density at radius 1 is 0.932 bits per heavy atom. The summed E-state index contributed by atoms with van der Waals surface area (Å²) in [6, 6.07) is 23.1. The maximum absolute atomic E-state index is 13.1. The largest absolute Gasteiger partial charge is 0.490 e. The van der Waals surface area contributed by atoms with Gasteiger partial charge in [-0.15, -0.1) is 11.3 Å². The lowest BCUT2D eigenvalue weighted by Gasteiger charge is -2.33. The lowest BCUT2D eigenvalue weighted by Crippen LogP contribution is -2.44. The van der Waals surface area contributed by atoms with Crippen LogP contribution in [-0.4, -0.2) is 49.1 Å². The quantitative estimate of drug-likeness (QED) is 0.237. The van der Waals surface area contributed by atoms with Gasteiger partial charge in [-0.25, -0.2) is 0 Å². The van der Waals surface area contributed by atoms with Crippen LogP contribution in [0.5, 0.6) is 5.75 Å². The van der Waals surface area contributed by atoms with E-state index in [4.69, 9.17) is 10.00 Å². The Morgan fingerprint density at radius 3 is 2.30 bits per heavy atom. The van der Waals surface area contributed by atoms with Gasteiger partial charge in [-0.05, 0) is 84.5 Å². The van der Waals surface area contributed by atoms with E-state index in [1.807, 2.05) is 48.5 Å². The number of likely N-dealkylation sites (tertiary alicyclic amines) is 1. The monoisotopic (exact) mass is 618 g/mol. The average molecular weight is 619 g/mol. The molecular weight excluding hydrogens is 585 g/mol. The van der Waals surface area contributed by atoms with Crippen molar-refractivity contribution in [1.82, 2.24) is 10.2 Å². The van der Waals surface area contributed by atoms with Crippen LogP contribution in [0.3, 0.4) is 0 Å². The lowest BCUT2D eigenvalue weighted by molar-refractivity contribution is -0.137. The van der Waals surface area contributed by atoms with Crippen LogP contribution in [-0.2, 0) is 12.7 Å². The van der Waals surface area contributed by atoms with Crippen LogP contribution in [0.25, 0.3) is 10.1 Å². The minimum absolute atomic E-state index is 0.0173. The van der Waals surface area contributed by atoms with Crippen molar-refractivity contribution in [2.45, 2.75) is 50.6 Å². The number of piperidine rings is 2. The van der Waals surface area contributed by atoms with E-state index in [1.165, 1.54) is 29.0 Å². The Bertz CT molecular complexity index is 1630. The highest BCUT2D eigenvalue weighted by atomic mass is 32.1. The molecule has 2 saturated heterocycles. The fourth-order valence-corrected chi connectivity index (χ4v) is 6.91. The third-order valence-electron chi connectivity index (χ3n) is 8.43. The van der Waals surface area contributed by atoms with Gasteiger partial charge in [0.2, 0.25) is 0 Å². The molecule has 3 aromatic carbocycles. The molecule has 6 nitrogen and oxygen atoms in total. The number of thiophene rings is 1. The Balaban J connectivity index is 0.979. The zero-order valence-electron chi connectivity index (χ0n) is 24.1. The SMILES string of the molecule is N#Cc1ccc(CN2CCC(NC(=O)c3cc4ccc(OC5CCN(c6ccc(C(F)(F)F)cc6)CC5)cc4s3)CC2)cc1. The molecule has 0 atom stereocenters. The van der Waals surface area contributed by atoms with Crippen molar-refractivity contribution in [2.75, 3.05) is 31.1 Å². The van der Waals surface area contributed by atoms with Crippen molar-refractivity contribution >= 4 is 33.0 Å². The highest BCUT2D eigenvalue weighted by Gasteiger charge is 2.30. The average Bonchev–Trinajstić information content (AvgIpc) is 3.46. The van der Waals surface area contributed by atoms with Crippen LogP contribution >= 0.6 is 11.3 Å². The molecule has 4 aromatic rings. The van der Waals surface area contributed by atoms with Gasteiger partial charge in [0.05, 0.1) is 22.1 Å². The summed E-state index contributed by atoms with van der Waals surface area (Å²) in [7, 11) is 0. The minimum atomic E-state index is -4.33. The number of ether oxygens (including phenoxy) is 1. The molecular formula is C34H33F3N4O2S. The predicted molar refractivity (Wildman–Crippen MR) is 166 cm³/mol. The first kappa shape index (κ1) is 30.0. The van der Waals surface area contributed by atoms with Crippen molar-refractivity contribution in [2.24, 2.45) is 0 Å². The third-order valence-corrected chi connectivity index (χ3v) is 9.53. The number of carbonyl (C=O) groups excluding carboxylic acids is 1. The van der Waals surface area contributed by atoms with Crippen LogP contribution < -0.4 is 15.0 Å². The van der Waals surface area contributed by atoms with Crippen molar-refractivity contribution in [1.29, 1.82) is 5.26 Å². The Labute approximate surface area is 258 Å². The molecule has 6 rings (SSSR count). The van der Waals surface area contributed by atoms with E-state index < -0.39 is 11.7 Å². The van der Waals surface area contributed by atoms with E-state index in [-0.39, 0.29) is 18.1 Å². The molecule has 228 valence electrons. The number of alkyl halides is 3. The number of nitrogens with one attached hydrogen (secondary N) is 1. The summed E-state index contributed by atoms with van der Waals surface area (Å²) < 4.78 is 45.9. The van der Waals surface area contributed by atoms with Gasteiger partial charge < -0.3 is 15.0 Å². The molecule has 0 radical (unpaired) electrons. The van der Waals surface area contributed by atoms with Gasteiger partial charge in [0.25, 0.3) is 5.91 Å². The number of halogens is 3. The van der Waals surface area contributed by atoms with Crippen LogP contribution in [0.15, 0.2) is 72.8 Å². The fourth-order valence-electron chi connectivity index (χ4n) is 5.92. The van der Waals surface area contributed by atoms with Crippen LogP contribution in [0, 0.1) is 11.3 Å². The van der Waals surface area contributed by atoms with E-state index in [1.54, 1.807) is 0 Å². The molecule has 2 fully saturated rings. The Morgan fingerprint density at radius 2 is 1.64 bits per heavy atom. The van der Waals surface area contributed by atoms with E-state index >= 15 is 0 Å². The van der Waals surface area contributed by atoms with E-state index in [0.717, 1.165) is 79.0 Å². The number of rotatable bonds is 7. The summed E-state index contributed by atoms with van der Waals surface area (Å²) in [5.41, 5.74) is 2.00. The zero-order valence-corrected chi connectivity index (χ0v) is 25.0. The van der Waals surface area contributed by atoms with Crippen LogP contribution in [0.4, 0.5) is 18.9 Å². The molecule has 0 spiro atoms. The Hall–Kier alpha value is -4.07. The number of fused-ring (bicyclic) bond motifs is 1. The number of carbonyl (C=O) groups is 1. The topological polar surface area (TPSA) is 68.6 Å². The second kappa shape index (κ2) is 12.9. The second-order valence-corrected chi connectivity index (χ2v) is 12.6. The zero-order chi connectivity index (χ0) is 30.7. The van der Waals surface area contributed by atoms with E-state index in [0.29, 0.717) is 23.5 Å². The van der Waals surface area contributed by atoms with Gasteiger partial charge in [-0.3, -0.25) is 9.69 Å². The highest BCUT2D eigenvalue weighted by Crippen LogP contribution is 2.33. The van der Waals surface area contributed by atoms with Crippen LogP contribution in [0.2, 0.25) is 0 Å². The van der Waals surface area contributed by atoms with Gasteiger partial charge in [0, 0.05) is 62.0 Å². The molecule has 2 aliphatic rings. The minimum Gasteiger partial charge on any atom is -0.490 e. The van der Waals surface area contributed by atoms with Gasteiger partial charge in [-0.1, -0.05) is 12.1 Å². The maximum atomic E-state index is 13.1. The summed E-state index contributed by atoms with van der Waals surface area (Å²) in [5.74, 6) is 0.712. The second-order valence-electron chi connectivity index (χ2n) is 11.5. The molecule has 44 heavy (non-hydrogen) atoms. The van der Waals surface area contributed by atoms with Crippen molar-refractivity contribution in [3.63, 3.8) is 0 Å². The van der Waals surface area contributed by atoms with Crippen molar-refractivity contribution in [3.05, 3.63) is 94.4 Å². The summed E-state index contributed by atoms with van der Waals surface area (Å²) in [6.07, 6.45) is -0.998. The van der Waals surface area contributed by atoms with Crippen LogP contribution in [0.1, 0.15) is 52.0 Å². The number of benzene rings is 3. The number of hydrogen-bond acceptors (Lipinski definition) is 6. The smallest absolute Gasteiger partial charge is 0.416 e. The molecule has 0 aliphatic carbocycles. The molecule has 0 bridgehead atoms. The maximum Gasteiger partial charge on any atom is 0.416 e. The highest BCUT2D eigenvalue weighted by molar-refractivity contribution is 7.20. The summed E-state index contributed by atoms with van der Waals surface area (Å²) in [6.45, 7) is 4.06. The fraction of sp³-hybridized carbons (Fsp3) is 0.353. The molecule has 0 saturated carbocycles. The van der Waals surface area contributed by atoms with Gasteiger partial charge >= 0.3 is 6.18 Å². The Kier molecular flexibility index (Phi) is 8.78. The number of amides is 1. The number of hydrogen-bond donors (Lipinski definition) is 1. The summed E-state index contributed by atoms with van der Waals surface area (Å²) in [4.78, 5) is 18.3. The lowest BCUT2D eigenvalue weighted by atomic mass is 10.0. The van der Waals surface area contributed by atoms with Gasteiger partial charge in [-0.2, -0.15) is 18.4 Å². The number of nitrogens with zero attached hydrogens (tertiary/aromatic N) is 3. The molecule has 1 aromatic heterocycles. The van der Waals surface area contributed by atoms with E-state index in [2.05, 4.69) is 21.2 Å². The molecule has 1 amide bonds. The van der Waals surface area contributed by atoms with Crippen molar-refractivity contribution < 1.29 is 22.7 Å². The summed E-state index contributed by atoms with van der Waals surface area (Å²) >= 11 is 1.46. The normalized spacial score (nSPS) is 17.0.